The third-order valence-corrected chi connectivity index (χ3v) is 4.59. The molecule has 2 atom stereocenters. The molecular weight excluding hydrogens is 324 g/mol. The highest BCUT2D eigenvalue weighted by atomic mass is 16.5. The van der Waals surface area contributed by atoms with E-state index in [2.05, 4.69) is 22.1 Å². The fourth-order valence-electron chi connectivity index (χ4n) is 3.16. The minimum Gasteiger partial charge on any atom is -0.467 e. The molecule has 2 aliphatic heterocycles. The summed E-state index contributed by atoms with van der Waals surface area (Å²) in [5, 5.41) is 2.78. The summed E-state index contributed by atoms with van der Waals surface area (Å²) in [5.74, 6) is -1.03. The number of nitrogens with zero attached hydrogens (tertiary/aromatic N) is 3. The summed E-state index contributed by atoms with van der Waals surface area (Å²) >= 11 is 0. The number of likely N-dealkylation sites (N-methyl/N-ethyl adjacent to an activating group) is 1. The van der Waals surface area contributed by atoms with E-state index in [4.69, 9.17) is 9.15 Å². The fraction of sp³-hybridized carbons (Fsp3) is 0.588. The number of hydrogen-bond donors (Lipinski definition) is 1. The van der Waals surface area contributed by atoms with Crippen molar-refractivity contribution in [3.05, 3.63) is 24.2 Å². The Morgan fingerprint density at radius 1 is 1.36 bits per heavy atom. The van der Waals surface area contributed by atoms with Gasteiger partial charge < -0.3 is 19.0 Å². The Labute approximate surface area is 146 Å². The maximum atomic E-state index is 12.6. The Bertz CT molecular complexity index is 635. The molecule has 0 bridgehead atoms. The van der Waals surface area contributed by atoms with E-state index in [0.29, 0.717) is 11.7 Å². The summed E-state index contributed by atoms with van der Waals surface area (Å²) in [7, 11) is 0. The summed E-state index contributed by atoms with van der Waals surface area (Å²) in [5.41, 5.74) is 0. The van der Waals surface area contributed by atoms with E-state index in [-0.39, 0.29) is 6.61 Å². The van der Waals surface area contributed by atoms with E-state index in [0.717, 1.165) is 32.7 Å². The minimum atomic E-state index is -1.04. The van der Waals surface area contributed by atoms with Crippen molar-refractivity contribution < 1.29 is 18.7 Å². The Hall–Kier alpha value is -2.35. The van der Waals surface area contributed by atoms with Crippen LogP contribution in [0.3, 0.4) is 0 Å². The molecule has 1 fully saturated rings. The highest BCUT2D eigenvalue weighted by molar-refractivity contribution is 6.08. The molecule has 2 aliphatic rings. The van der Waals surface area contributed by atoms with Gasteiger partial charge >= 0.3 is 5.97 Å². The minimum absolute atomic E-state index is 0.211. The largest absolute Gasteiger partial charge is 0.467 e. The van der Waals surface area contributed by atoms with Crippen LogP contribution in [0, 0.1) is 5.92 Å². The predicted octanol–water partition coefficient (Wildman–Crippen LogP) is 0.623. The lowest BCUT2D eigenvalue weighted by Gasteiger charge is -2.38. The molecular formula is C17H24N4O4. The van der Waals surface area contributed by atoms with E-state index in [1.165, 1.54) is 6.26 Å². The second-order valence-electron chi connectivity index (χ2n) is 6.05. The van der Waals surface area contributed by atoms with Gasteiger partial charge in [-0.15, -0.1) is 0 Å². The lowest BCUT2D eigenvalue weighted by atomic mass is 9.95. The predicted molar refractivity (Wildman–Crippen MR) is 90.8 cm³/mol. The maximum Gasteiger partial charge on any atom is 0.321 e. The van der Waals surface area contributed by atoms with E-state index >= 15 is 0 Å². The van der Waals surface area contributed by atoms with E-state index in [9.17, 15) is 9.59 Å². The average Bonchev–Trinajstić information content (AvgIpc) is 3.16. The van der Waals surface area contributed by atoms with Crippen LogP contribution in [0.4, 0.5) is 0 Å². The van der Waals surface area contributed by atoms with Gasteiger partial charge in [0.05, 0.1) is 12.9 Å². The molecule has 0 aromatic carbocycles. The third-order valence-electron chi connectivity index (χ3n) is 4.59. The molecule has 1 saturated heterocycles. The van der Waals surface area contributed by atoms with Gasteiger partial charge in [0.25, 0.3) is 0 Å². The second kappa shape index (κ2) is 7.69. The molecule has 0 unspecified atom stereocenters. The number of esters is 1. The number of ether oxygens (including phenoxy) is 1. The number of carbonyl (C=O) groups is 2. The Balaban J connectivity index is 1.85. The normalized spacial score (nSPS) is 24.6. The van der Waals surface area contributed by atoms with Crippen molar-refractivity contribution in [1.29, 1.82) is 0 Å². The van der Waals surface area contributed by atoms with Gasteiger partial charge in [0.15, 0.2) is 5.92 Å². The van der Waals surface area contributed by atoms with Crippen molar-refractivity contribution in [2.75, 3.05) is 39.3 Å². The van der Waals surface area contributed by atoms with Crippen LogP contribution in [0.2, 0.25) is 0 Å². The van der Waals surface area contributed by atoms with E-state index in [1.807, 2.05) is 4.90 Å². The Morgan fingerprint density at radius 2 is 2.12 bits per heavy atom. The molecule has 8 nitrogen and oxygen atoms in total. The van der Waals surface area contributed by atoms with Crippen LogP contribution in [0.15, 0.2) is 27.8 Å². The van der Waals surface area contributed by atoms with Gasteiger partial charge in [-0.25, -0.2) is 4.99 Å². The Kier molecular flexibility index (Phi) is 5.37. The van der Waals surface area contributed by atoms with E-state index in [1.54, 1.807) is 19.1 Å². The van der Waals surface area contributed by atoms with Gasteiger partial charge in [0, 0.05) is 26.2 Å². The van der Waals surface area contributed by atoms with Gasteiger partial charge in [-0.1, -0.05) is 6.92 Å². The van der Waals surface area contributed by atoms with Crippen LogP contribution < -0.4 is 5.32 Å². The number of furan rings is 1. The number of hydrogen-bond acceptors (Lipinski definition) is 7. The van der Waals surface area contributed by atoms with Crippen LogP contribution in [0.1, 0.15) is 25.6 Å². The quantitative estimate of drug-likeness (QED) is 0.634. The first kappa shape index (κ1) is 17.5. The fourth-order valence-corrected chi connectivity index (χ4v) is 3.16. The lowest BCUT2D eigenvalue weighted by molar-refractivity contribution is -0.153. The van der Waals surface area contributed by atoms with Crippen molar-refractivity contribution >= 4 is 17.8 Å². The van der Waals surface area contributed by atoms with Gasteiger partial charge in [-0.2, -0.15) is 0 Å². The van der Waals surface area contributed by atoms with Crippen molar-refractivity contribution in [1.82, 2.24) is 15.1 Å². The molecule has 25 heavy (non-hydrogen) atoms. The monoisotopic (exact) mass is 348 g/mol. The summed E-state index contributed by atoms with van der Waals surface area (Å²) in [6.07, 6.45) is 1.51. The van der Waals surface area contributed by atoms with Gasteiger partial charge in [-0.05, 0) is 25.6 Å². The van der Waals surface area contributed by atoms with Crippen molar-refractivity contribution in [2.24, 2.45) is 10.9 Å². The summed E-state index contributed by atoms with van der Waals surface area (Å²) in [4.78, 5) is 33.9. The molecule has 136 valence electrons. The molecule has 0 spiro atoms. The number of amides is 1. The number of rotatable bonds is 4. The van der Waals surface area contributed by atoms with E-state index < -0.39 is 23.8 Å². The molecule has 1 amide bonds. The molecule has 1 N–H and O–H groups in total. The first-order valence-corrected chi connectivity index (χ1v) is 8.70. The smallest absolute Gasteiger partial charge is 0.321 e. The molecule has 1 aromatic heterocycles. The standard InChI is InChI=1S/C17H24N4O4/c1-3-20-7-9-21(10-8-20)17-18-14(12-6-5-11-25-12)13(15(22)19-17)16(23)24-4-2/h5-6,11,13-14H,3-4,7-10H2,1-2H3,(H,18,19,22)/t13-,14-/m1/s1. The molecule has 0 radical (unpaired) electrons. The van der Waals surface area contributed by atoms with Crippen LogP contribution in [0.5, 0.6) is 0 Å². The highest BCUT2D eigenvalue weighted by Crippen LogP contribution is 2.31. The zero-order valence-corrected chi connectivity index (χ0v) is 14.6. The molecule has 1 aromatic rings. The number of guanidine groups is 1. The molecule has 3 heterocycles. The van der Waals surface area contributed by atoms with Gasteiger partial charge in [0.2, 0.25) is 11.9 Å². The van der Waals surface area contributed by atoms with Crippen LogP contribution in [-0.2, 0) is 14.3 Å². The third kappa shape index (κ3) is 3.68. The average molecular weight is 348 g/mol. The van der Waals surface area contributed by atoms with Crippen LogP contribution >= 0.6 is 0 Å². The molecule has 8 heteroatoms. The molecule has 0 aliphatic carbocycles. The Morgan fingerprint density at radius 3 is 2.72 bits per heavy atom. The van der Waals surface area contributed by atoms with Gasteiger partial charge in [-0.3, -0.25) is 14.9 Å². The van der Waals surface area contributed by atoms with Crippen LogP contribution in [0.25, 0.3) is 0 Å². The first-order chi connectivity index (χ1) is 12.1. The molecule has 0 saturated carbocycles. The van der Waals surface area contributed by atoms with Crippen molar-refractivity contribution in [2.45, 2.75) is 19.9 Å². The summed E-state index contributed by atoms with van der Waals surface area (Å²) < 4.78 is 10.5. The molecule has 3 rings (SSSR count). The zero-order chi connectivity index (χ0) is 17.8. The number of nitrogens with one attached hydrogen (secondary N) is 1. The summed E-state index contributed by atoms with van der Waals surface area (Å²) in [6.45, 7) is 8.45. The summed E-state index contributed by atoms with van der Waals surface area (Å²) in [6, 6.07) is 2.74. The number of piperazine rings is 1. The maximum absolute atomic E-state index is 12.6. The number of aliphatic imine (C=N–C) groups is 1. The zero-order valence-electron chi connectivity index (χ0n) is 14.6. The lowest BCUT2D eigenvalue weighted by Crippen LogP contribution is -2.57. The van der Waals surface area contributed by atoms with Gasteiger partial charge in [0.1, 0.15) is 11.8 Å². The highest BCUT2D eigenvalue weighted by Gasteiger charge is 2.43. The van der Waals surface area contributed by atoms with Crippen LogP contribution in [-0.4, -0.2) is 67.0 Å². The number of carbonyl (C=O) groups excluding carboxylic acids is 2. The van der Waals surface area contributed by atoms with Crippen molar-refractivity contribution in [3.63, 3.8) is 0 Å². The first-order valence-electron chi connectivity index (χ1n) is 8.70. The SMILES string of the molecule is CCOC(=O)[C@H]1C(=O)NC(N2CCN(CC)CC2)=N[C@@H]1c1ccco1. The van der Waals surface area contributed by atoms with Crippen molar-refractivity contribution in [3.8, 4) is 0 Å². The second-order valence-corrected chi connectivity index (χ2v) is 6.05. The topological polar surface area (TPSA) is 87.4 Å².